The van der Waals surface area contributed by atoms with Crippen molar-refractivity contribution in [1.82, 2.24) is 14.6 Å². The Morgan fingerprint density at radius 3 is 2.62 bits per heavy atom. The number of nitro groups is 1. The molecule has 0 aliphatic heterocycles. The Bertz CT molecular complexity index is 1570. The van der Waals surface area contributed by atoms with E-state index in [0.29, 0.717) is 32.5 Å². The molecule has 0 unspecified atom stereocenters. The fourth-order valence-electron chi connectivity index (χ4n) is 3.49. The number of nitrogens with zero attached hydrogens (tertiary/aromatic N) is 5. The van der Waals surface area contributed by atoms with Gasteiger partial charge >= 0.3 is 0 Å². The number of pyridine rings is 1. The summed E-state index contributed by atoms with van der Waals surface area (Å²) >= 11 is 6.87. The Hall–Kier alpha value is -3.64. The summed E-state index contributed by atoms with van der Waals surface area (Å²) in [5, 5.41) is 15.9. The SMILES string of the molecule is CC[C@@H](C)c1nc2ccc(Br)cc2c(=O)n1N=Cc1cc(Br)cc(OC)c1Oc1ccc([N+](=O)[O-])cn1. The number of aromatic nitrogens is 3. The van der Waals surface area contributed by atoms with Gasteiger partial charge in [-0.05, 0) is 36.8 Å². The van der Waals surface area contributed by atoms with Gasteiger partial charge in [0.1, 0.15) is 12.0 Å². The van der Waals surface area contributed by atoms with E-state index in [1.807, 2.05) is 19.9 Å². The minimum absolute atomic E-state index is 0.0324. The van der Waals surface area contributed by atoms with E-state index in [-0.39, 0.29) is 28.8 Å². The molecule has 0 aliphatic carbocycles. The smallest absolute Gasteiger partial charge is 0.287 e. The van der Waals surface area contributed by atoms with E-state index in [4.69, 9.17) is 14.5 Å². The van der Waals surface area contributed by atoms with Crippen LogP contribution in [-0.4, -0.2) is 32.9 Å². The molecule has 0 aliphatic rings. The third-order valence-electron chi connectivity index (χ3n) is 5.61. The molecule has 1 atom stereocenters. The van der Waals surface area contributed by atoms with Gasteiger partial charge in [-0.25, -0.2) is 9.97 Å². The lowest BCUT2D eigenvalue weighted by Gasteiger charge is -2.15. The second-order valence-electron chi connectivity index (χ2n) is 8.04. The summed E-state index contributed by atoms with van der Waals surface area (Å²) in [4.78, 5) is 32.6. The summed E-state index contributed by atoms with van der Waals surface area (Å²) in [5.74, 6) is 1.25. The lowest BCUT2D eigenvalue weighted by atomic mass is 10.1. The average molecular weight is 631 g/mol. The van der Waals surface area contributed by atoms with Crippen LogP contribution >= 0.6 is 31.9 Å². The van der Waals surface area contributed by atoms with Crippen LogP contribution in [0.2, 0.25) is 0 Å². The van der Waals surface area contributed by atoms with Crippen LogP contribution in [0, 0.1) is 10.1 Å². The first-order valence-corrected chi connectivity index (χ1v) is 12.7. The molecule has 2 heterocycles. The number of hydrogen-bond donors (Lipinski definition) is 0. The molecule has 4 aromatic rings. The van der Waals surface area contributed by atoms with Crippen LogP contribution in [-0.2, 0) is 0 Å². The molecule has 12 heteroatoms. The van der Waals surface area contributed by atoms with Gasteiger partial charge in [0.15, 0.2) is 11.5 Å². The Balaban J connectivity index is 1.84. The zero-order valence-corrected chi connectivity index (χ0v) is 23.2. The normalized spacial score (nSPS) is 12.1. The van der Waals surface area contributed by atoms with Crippen molar-refractivity contribution in [3.63, 3.8) is 0 Å². The second kappa shape index (κ2) is 11.2. The molecule has 4 rings (SSSR count). The van der Waals surface area contributed by atoms with Crippen LogP contribution in [0.5, 0.6) is 17.4 Å². The molecule has 190 valence electrons. The lowest BCUT2D eigenvalue weighted by Crippen LogP contribution is -2.23. The van der Waals surface area contributed by atoms with Crippen molar-refractivity contribution in [2.24, 2.45) is 5.10 Å². The molecule has 0 bridgehead atoms. The van der Waals surface area contributed by atoms with Crippen LogP contribution in [0.25, 0.3) is 10.9 Å². The predicted octanol–water partition coefficient (Wildman–Crippen LogP) is 6.42. The van der Waals surface area contributed by atoms with Gasteiger partial charge in [0.05, 0.1) is 29.2 Å². The van der Waals surface area contributed by atoms with Crippen LogP contribution in [0.4, 0.5) is 5.69 Å². The molecule has 2 aromatic carbocycles. The van der Waals surface area contributed by atoms with Crippen molar-refractivity contribution in [2.45, 2.75) is 26.2 Å². The molecule has 0 spiro atoms. The van der Waals surface area contributed by atoms with Crippen molar-refractivity contribution in [3.8, 4) is 17.4 Å². The van der Waals surface area contributed by atoms with Gasteiger partial charge in [-0.1, -0.05) is 45.7 Å². The molecule has 0 amide bonds. The Kier molecular flexibility index (Phi) is 7.98. The molecular weight excluding hydrogens is 610 g/mol. The van der Waals surface area contributed by atoms with Gasteiger partial charge in [0, 0.05) is 32.6 Å². The first kappa shape index (κ1) is 26.4. The van der Waals surface area contributed by atoms with Crippen LogP contribution in [0.3, 0.4) is 0 Å². The maximum atomic E-state index is 13.5. The molecule has 0 saturated heterocycles. The van der Waals surface area contributed by atoms with E-state index in [0.717, 1.165) is 17.1 Å². The number of ether oxygens (including phenoxy) is 2. The third kappa shape index (κ3) is 5.70. The monoisotopic (exact) mass is 629 g/mol. The van der Waals surface area contributed by atoms with Crippen LogP contribution < -0.4 is 15.0 Å². The number of benzene rings is 2. The van der Waals surface area contributed by atoms with Gasteiger partial charge in [0.2, 0.25) is 5.88 Å². The summed E-state index contributed by atoms with van der Waals surface area (Å²) < 4.78 is 14.2. The van der Waals surface area contributed by atoms with E-state index < -0.39 is 4.92 Å². The highest BCUT2D eigenvalue weighted by Gasteiger charge is 2.18. The van der Waals surface area contributed by atoms with Gasteiger partial charge in [0.25, 0.3) is 11.2 Å². The maximum Gasteiger partial charge on any atom is 0.287 e. The molecule has 10 nitrogen and oxygen atoms in total. The summed E-state index contributed by atoms with van der Waals surface area (Å²) in [6, 6.07) is 11.5. The van der Waals surface area contributed by atoms with E-state index in [2.05, 4.69) is 41.9 Å². The van der Waals surface area contributed by atoms with E-state index in [9.17, 15) is 14.9 Å². The number of methoxy groups -OCH3 is 1. The minimum Gasteiger partial charge on any atom is -0.493 e. The Labute approximate surface area is 228 Å². The third-order valence-corrected chi connectivity index (χ3v) is 6.56. The lowest BCUT2D eigenvalue weighted by molar-refractivity contribution is -0.385. The number of fused-ring (bicyclic) bond motifs is 1. The first-order valence-electron chi connectivity index (χ1n) is 11.1. The van der Waals surface area contributed by atoms with Crippen molar-refractivity contribution < 1.29 is 14.4 Å². The van der Waals surface area contributed by atoms with Gasteiger partial charge in [-0.15, -0.1) is 0 Å². The highest BCUT2D eigenvalue weighted by Crippen LogP contribution is 2.37. The van der Waals surface area contributed by atoms with E-state index in [1.54, 1.807) is 24.3 Å². The van der Waals surface area contributed by atoms with E-state index in [1.165, 1.54) is 30.1 Å². The molecule has 2 aromatic heterocycles. The molecular formula is C25H21Br2N5O5. The largest absolute Gasteiger partial charge is 0.493 e. The fourth-order valence-corrected chi connectivity index (χ4v) is 4.31. The topological polar surface area (TPSA) is 122 Å². The first-order chi connectivity index (χ1) is 17.7. The highest BCUT2D eigenvalue weighted by atomic mass is 79.9. The van der Waals surface area contributed by atoms with Gasteiger partial charge in [-0.3, -0.25) is 14.9 Å². The molecule has 0 N–H and O–H groups in total. The molecule has 37 heavy (non-hydrogen) atoms. The zero-order valence-electron chi connectivity index (χ0n) is 20.0. The molecule has 0 fully saturated rings. The molecule has 0 radical (unpaired) electrons. The fraction of sp³-hybridized carbons (Fsp3) is 0.200. The van der Waals surface area contributed by atoms with Crippen molar-refractivity contribution in [3.05, 3.63) is 89.5 Å². The maximum absolute atomic E-state index is 13.5. The quantitative estimate of drug-likeness (QED) is 0.125. The Morgan fingerprint density at radius 1 is 1.19 bits per heavy atom. The summed E-state index contributed by atoms with van der Waals surface area (Å²) in [6.07, 6.45) is 3.34. The predicted molar refractivity (Wildman–Crippen MR) is 147 cm³/mol. The number of hydrogen-bond acceptors (Lipinski definition) is 8. The molecule has 0 saturated carbocycles. The summed E-state index contributed by atoms with van der Waals surface area (Å²) in [7, 11) is 1.48. The van der Waals surface area contributed by atoms with E-state index >= 15 is 0 Å². The summed E-state index contributed by atoms with van der Waals surface area (Å²) in [6.45, 7) is 3.99. The second-order valence-corrected chi connectivity index (χ2v) is 9.87. The highest BCUT2D eigenvalue weighted by molar-refractivity contribution is 9.10. The zero-order chi connectivity index (χ0) is 26.7. The Morgan fingerprint density at radius 2 is 1.97 bits per heavy atom. The van der Waals surface area contributed by atoms with Crippen LogP contribution in [0.1, 0.15) is 37.6 Å². The van der Waals surface area contributed by atoms with Crippen molar-refractivity contribution >= 4 is 54.7 Å². The summed E-state index contributed by atoms with van der Waals surface area (Å²) in [5.41, 5.74) is 0.596. The standard InChI is InChI=1S/C25H21Br2N5O5/c1-4-14(2)24-30-20-7-5-16(26)10-19(20)25(33)31(24)29-12-15-9-17(27)11-21(36-3)23(15)37-22-8-6-18(13-28-22)32(34)35/h5-14H,4H2,1-3H3/t14-/m1/s1. The minimum atomic E-state index is -0.544. The van der Waals surface area contributed by atoms with Gasteiger partial charge < -0.3 is 9.47 Å². The van der Waals surface area contributed by atoms with Crippen molar-refractivity contribution in [1.29, 1.82) is 0 Å². The number of rotatable bonds is 8. The van der Waals surface area contributed by atoms with Crippen molar-refractivity contribution in [2.75, 3.05) is 7.11 Å². The van der Waals surface area contributed by atoms with Crippen LogP contribution in [0.15, 0.2) is 67.5 Å². The number of halogens is 2. The van der Waals surface area contributed by atoms with Gasteiger partial charge in [-0.2, -0.15) is 9.78 Å². The average Bonchev–Trinajstić information content (AvgIpc) is 2.89.